The van der Waals surface area contributed by atoms with Crippen molar-refractivity contribution in [1.29, 1.82) is 0 Å². The maximum Gasteiger partial charge on any atom is 0.258 e. The number of pyridine rings is 1. The monoisotopic (exact) mass is 293 g/mol. The third-order valence-electron chi connectivity index (χ3n) is 2.68. The second kappa shape index (κ2) is 5.89. The Morgan fingerprint density at radius 3 is 2.45 bits per heavy atom. The van der Waals surface area contributed by atoms with E-state index < -0.39 is 10.0 Å². The lowest BCUT2D eigenvalue weighted by Crippen LogP contribution is -2.26. The van der Waals surface area contributed by atoms with Crippen molar-refractivity contribution in [3.63, 3.8) is 0 Å². The minimum Gasteiger partial charge on any atom is -0.508 e. The summed E-state index contributed by atoms with van der Waals surface area (Å²) < 4.78 is 26.3. The minimum absolute atomic E-state index is 0.0580. The Labute approximate surface area is 117 Å². The molecule has 1 aromatic carbocycles. The van der Waals surface area contributed by atoms with Crippen LogP contribution in [0.3, 0.4) is 0 Å². The summed E-state index contributed by atoms with van der Waals surface area (Å²) in [5.41, 5.74) is 6.80. The summed E-state index contributed by atoms with van der Waals surface area (Å²) >= 11 is 0. The number of rotatable bonds is 5. The Hall–Kier alpha value is -2.12. The van der Waals surface area contributed by atoms with Gasteiger partial charge in [0.1, 0.15) is 5.75 Å². The summed E-state index contributed by atoms with van der Waals surface area (Å²) in [6, 6.07) is 9.45. The van der Waals surface area contributed by atoms with Gasteiger partial charge in [-0.15, -0.1) is 0 Å². The second-order valence-electron chi connectivity index (χ2n) is 4.24. The summed E-state index contributed by atoms with van der Waals surface area (Å²) in [6.45, 7) is 0.249. The van der Waals surface area contributed by atoms with E-state index in [0.717, 1.165) is 5.56 Å². The molecule has 0 radical (unpaired) electrons. The zero-order valence-corrected chi connectivity index (χ0v) is 11.5. The molecule has 0 bridgehead atoms. The fourth-order valence-corrected chi connectivity index (χ4v) is 2.57. The topological polar surface area (TPSA) is 105 Å². The molecule has 0 aliphatic rings. The molecule has 0 amide bonds. The smallest absolute Gasteiger partial charge is 0.258 e. The van der Waals surface area contributed by atoms with Gasteiger partial charge in [-0.1, -0.05) is 12.1 Å². The van der Waals surface area contributed by atoms with Gasteiger partial charge in [-0.2, -0.15) is 0 Å². The lowest BCUT2D eigenvalue weighted by atomic mass is 10.1. The van der Waals surface area contributed by atoms with Crippen molar-refractivity contribution in [3.05, 3.63) is 48.2 Å². The molecule has 20 heavy (non-hydrogen) atoms. The van der Waals surface area contributed by atoms with Crippen molar-refractivity contribution in [1.82, 2.24) is 9.71 Å². The number of anilines is 1. The molecule has 2 aromatic rings. The normalized spacial score (nSPS) is 11.4. The molecule has 6 nitrogen and oxygen atoms in total. The predicted molar refractivity (Wildman–Crippen MR) is 75.6 cm³/mol. The number of nitrogens with zero attached hydrogens (tertiary/aromatic N) is 1. The Balaban J connectivity index is 1.96. The van der Waals surface area contributed by atoms with Crippen molar-refractivity contribution in [3.8, 4) is 5.75 Å². The average Bonchev–Trinajstić information content (AvgIpc) is 2.41. The van der Waals surface area contributed by atoms with Gasteiger partial charge in [-0.05, 0) is 36.2 Å². The Bertz CT molecular complexity index is 667. The largest absolute Gasteiger partial charge is 0.508 e. The van der Waals surface area contributed by atoms with Crippen LogP contribution in [0.4, 0.5) is 5.69 Å². The van der Waals surface area contributed by atoms with Gasteiger partial charge in [-0.3, -0.25) is 0 Å². The summed E-state index contributed by atoms with van der Waals surface area (Å²) in [5.74, 6) is 0.181. The first-order valence-corrected chi connectivity index (χ1v) is 7.45. The second-order valence-corrected chi connectivity index (χ2v) is 5.96. The van der Waals surface area contributed by atoms with Gasteiger partial charge in [0.25, 0.3) is 10.0 Å². The van der Waals surface area contributed by atoms with Crippen LogP contribution in [-0.2, 0) is 16.4 Å². The highest BCUT2D eigenvalue weighted by Crippen LogP contribution is 2.10. The maximum absolute atomic E-state index is 11.9. The van der Waals surface area contributed by atoms with Gasteiger partial charge in [0.15, 0.2) is 5.03 Å². The van der Waals surface area contributed by atoms with Crippen LogP contribution in [0.25, 0.3) is 0 Å². The standard InChI is InChI=1S/C13H15N3O3S/c14-11-3-6-13(15-9-11)20(18,19)16-8-7-10-1-4-12(17)5-2-10/h1-6,9,16-17H,7-8,14H2. The van der Waals surface area contributed by atoms with Crippen molar-refractivity contribution in [2.45, 2.75) is 11.4 Å². The molecule has 4 N–H and O–H groups in total. The average molecular weight is 293 g/mol. The van der Waals surface area contributed by atoms with E-state index in [2.05, 4.69) is 9.71 Å². The van der Waals surface area contributed by atoms with E-state index >= 15 is 0 Å². The van der Waals surface area contributed by atoms with Crippen LogP contribution < -0.4 is 10.5 Å². The van der Waals surface area contributed by atoms with E-state index in [1.54, 1.807) is 24.3 Å². The van der Waals surface area contributed by atoms with E-state index in [0.29, 0.717) is 12.1 Å². The number of benzene rings is 1. The molecule has 1 aromatic heterocycles. The molecule has 0 spiro atoms. The van der Waals surface area contributed by atoms with Crippen LogP contribution >= 0.6 is 0 Å². The molecular formula is C13H15N3O3S. The van der Waals surface area contributed by atoms with Crippen LogP contribution in [-0.4, -0.2) is 25.1 Å². The van der Waals surface area contributed by atoms with Gasteiger partial charge in [0, 0.05) is 6.54 Å². The molecule has 0 saturated carbocycles. The summed E-state index contributed by atoms with van der Waals surface area (Å²) in [5, 5.41) is 9.09. The first-order valence-electron chi connectivity index (χ1n) is 5.96. The van der Waals surface area contributed by atoms with Gasteiger partial charge in [0.05, 0.1) is 11.9 Å². The number of hydrogen-bond acceptors (Lipinski definition) is 5. The fourth-order valence-electron chi connectivity index (χ4n) is 1.62. The van der Waals surface area contributed by atoms with E-state index in [-0.39, 0.29) is 17.3 Å². The highest BCUT2D eigenvalue weighted by atomic mass is 32.2. The Morgan fingerprint density at radius 1 is 1.15 bits per heavy atom. The van der Waals surface area contributed by atoms with Gasteiger partial charge < -0.3 is 10.8 Å². The number of aromatic hydroxyl groups is 1. The number of phenols is 1. The van der Waals surface area contributed by atoms with E-state index in [9.17, 15) is 8.42 Å². The molecule has 106 valence electrons. The van der Waals surface area contributed by atoms with Crippen molar-refractivity contribution >= 4 is 15.7 Å². The number of nitrogens with two attached hydrogens (primary N) is 1. The van der Waals surface area contributed by atoms with Gasteiger partial charge in [0.2, 0.25) is 0 Å². The first-order chi connectivity index (χ1) is 9.47. The first kappa shape index (κ1) is 14.3. The summed E-state index contributed by atoms with van der Waals surface area (Å²) in [4.78, 5) is 3.78. The third-order valence-corrected chi connectivity index (χ3v) is 4.05. The summed E-state index contributed by atoms with van der Waals surface area (Å²) in [7, 11) is -3.62. The maximum atomic E-state index is 11.9. The van der Waals surface area contributed by atoms with E-state index in [1.807, 2.05) is 0 Å². The molecule has 0 atom stereocenters. The molecule has 7 heteroatoms. The fraction of sp³-hybridized carbons (Fsp3) is 0.154. The van der Waals surface area contributed by atoms with Crippen molar-refractivity contribution < 1.29 is 13.5 Å². The number of phenolic OH excluding ortho intramolecular Hbond substituents is 1. The lowest BCUT2D eigenvalue weighted by Gasteiger charge is -2.06. The number of nitrogen functional groups attached to an aromatic ring is 1. The predicted octanol–water partition coefficient (Wildman–Crippen LogP) is 0.890. The zero-order chi connectivity index (χ0) is 14.6. The van der Waals surface area contributed by atoms with Crippen LogP contribution in [0, 0.1) is 0 Å². The molecule has 0 saturated heterocycles. The van der Waals surface area contributed by atoms with Crippen molar-refractivity contribution in [2.24, 2.45) is 0 Å². The van der Waals surface area contributed by atoms with E-state index in [4.69, 9.17) is 10.8 Å². The van der Waals surface area contributed by atoms with E-state index in [1.165, 1.54) is 18.3 Å². The Kier molecular flexibility index (Phi) is 4.21. The summed E-state index contributed by atoms with van der Waals surface area (Å²) in [6.07, 6.45) is 1.82. The quantitative estimate of drug-likeness (QED) is 0.759. The minimum atomic E-state index is -3.62. The Morgan fingerprint density at radius 2 is 1.85 bits per heavy atom. The lowest BCUT2D eigenvalue weighted by molar-refractivity contribution is 0.475. The molecule has 1 heterocycles. The number of nitrogens with one attached hydrogen (secondary N) is 1. The highest BCUT2D eigenvalue weighted by molar-refractivity contribution is 7.89. The van der Waals surface area contributed by atoms with Gasteiger partial charge in [-0.25, -0.2) is 18.1 Å². The van der Waals surface area contributed by atoms with Crippen LogP contribution in [0.15, 0.2) is 47.6 Å². The van der Waals surface area contributed by atoms with Gasteiger partial charge >= 0.3 is 0 Å². The van der Waals surface area contributed by atoms with Crippen LogP contribution in [0.1, 0.15) is 5.56 Å². The molecule has 0 fully saturated rings. The molecular weight excluding hydrogens is 278 g/mol. The SMILES string of the molecule is Nc1ccc(S(=O)(=O)NCCc2ccc(O)cc2)nc1. The highest BCUT2D eigenvalue weighted by Gasteiger charge is 2.14. The number of sulfonamides is 1. The zero-order valence-electron chi connectivity index (χ0n) is 10.7. The molecule has 0 unspecified atom stereocenters. The van der Waals surface area contributed by atoms with Crippen LogP contribution in [0.5, 0.6) is 5.75 Å². The van der Waals surface area contributed by atoms with Crippen LogP contribution in [0.2, 0.25) is 0 Å². The molecule has 0 aliphatic heterocycles. The molecule has 0 aliphatic carbocycles. The third kappa shape index (κ3) is 3.69. The van der Waals surface area contributed by atoms with Crippen molar-refractivity contribution in [2.75, 3.05) is 12.3 Å². The molecule has 2 rings (SSSR count). The number of hydrogen-bond donors (Lipinski definition) is 3. The number of aromatic nitrogens is 1.